The van der Waals surface area contributed by atoms with Gasteiger partial charge >= 0.3 is 0 Å². The average molecular weight is 330 g/mol. The van der Waals surface area contributed by atoms with Crippen LogP contribution in [0.2, 0.25) is 0 Å². The number of benzene rings is 1. The summed E-state index contributed by atoms with van der Waals surface area (Å²) in [5.41, 5.74) is 3.38. The first-order valence-electron chi connectivity index (χ1n) is 6.78. The second kappa shape index (κ2) is 5.53. The van der Waals surface area contributed by atoms with Gasteiger partial charge in [-0.3, -0.25) is 9.89 Å². The number of rotatable bonds is 3. The zero-order valence-electron chi connectivity index (χ0n) is 12.3. The van der Waals surface area contributed by atoms with Crippen LogP contribution >= 0.6 is 0 Å². The Balaban J connectivity index is 2.01. The standard InChI is InChI=1S/C15H14N4O3S/c1-3-14(20)16-12-7-5-4-6-10(12)15-11-8-19(23(2,21)22)9-13(11)17-18-15/h1,4-7H,8-9H2,2H3,(H,16,20)(H,17,18). The summed E-state index contributed by atoms with van der Waals surface area (Å²) in [5.74, 6) is 1.45. The second-order valence-corrected chi connectivity index (χ2v) is 7.19. The molecule has 0 radical (unpaired) electrons. The van der Waals surface area contributed by atoms with E-state index in [0.717, 1.165) is 11.3 Å². The first kappa shape index (κ1) is 15.3. The number of fused-ring (bicyclic) bond motifs is 1. The van der Waals surface area contributed by atoms with E-state index in [9.17, 15) is 13.2 Å². The van der Waals surface area contributed by atoms with E-state index in [1.807, 2.05) is 12.0 Å². The summed E-state index contributed by atoms with van der Waals surface area (Å²) in [5, 5.41) is 9.76. The normalized spacial score (nSPS) is 14.3. The number of nitrogens with zero attached hydrogens (tertiary/aromatic N) is 2. The van der Waals surface area contributed by atoms with Crippen LogP contribution in [0.5, 0.6) is 0 Å². The number of terminal acetylenes is 1. The van der Waals surface area contributed by atoms with Crippen molar-refractivity contribution in [3.8, 4) is 23.6 Å². The number of hydrogen-bond acceptors (Lipinski definition) is 4. The van der Waals surface area contributed by atoms with Gasteiger partial charge in [-0.1, -0.05) is 18.2 Å². The molecule has 1 amide bonds. The number of nitrogens with one attached hydrogen (secondary N) is 2. The smallest absolute Gasteiger partial charge is 0.300 e. The van der Waals surface area contributed by atoms with Gasteiger partial charge in [-0.05, 0) is 12.0 Å². The van der Waals surface area contributed by atoms with E-state index in [1.54, 1.807) is 18.2 Å². The van der Waals surface area contributed by atoms with E-state index in [1.165, 1.54) is 10.6 Å². The molecule has 7 nitrogen and oxygen atoms in total. The number of carbonyl (C=O) groups is 1. The molecule has 1 aromatic carbocycles. The molecule has 2 N–H and O–H groups in total. The molecular formula is C15H14N4O3S. The van der Waals surface area contributed by atoms with Gasteiger partial charge in [-0.25, -0.2) is 8.42 Å². The number of aromatic amines is 1. The highest BCUT2D eigenvalue weighted by atomic mass is 32.2. The molecule has 1 aromatic heterocycles. The van der Waals surface area contributed by atoms with Gasteiger partial charge in [0.05, 0.1) is 29.9 Å². The lowest BCUT2D eigenvalue weighted by Crippen LogP contribution is -2.24. The van der Waals surface area contributed by atoms with Crippen LogP contribution in [-0.2, 0) is 27.9 Å². The van der Waals surface area contributed by atoms with Gasteiger partial charge in [0, 0.05) is 17.7 Å². The van der Waals surface area contributed by atoms with Crippen LogP contribution in [0.15, 0.2) is 24.3 Å². The molecule has 0 bridgehead atoms. The average Bonchev–Trinajstić information content (AvgIpc) is 3.07. The highest BCUT2D eigenvalue weighted by molar-refractivity contribution is 7.88. The van der Waals surface area contributed by atoms with Crippen LogP contribution in [0.3, 0.4) is 0 Å². The van der Waals surface area contributed by atoms with Crippen molar-refractivity contribution in [2.45, 2.75) is 13.1 Å². The van der Waals surface area contributed by atoms with E-state index >= 15 is 0 Å². The van der Waals surface area contributed by atoms with Crippen LogP contribution in [0, 0.1) is 12.3 Å². The van der Waals surface area contributed by atoms with E-state index < -0.39 is 15.9 Å². The molecule has 0 atom stereocenters. The topological polar surface area (TPSA) is 95.2 Å². The monoisotopic (exact) mass is 330 g/mol. The third-order valence-electron chi connectivity index (χ3n) is 3.65. The van der Waals surface area contributed by atoms with Crippen LogP contribution in [0.1, 0.15) is 11.3 Å². The quantitative estimate of drug-likeness (QED) is 0.818. The van der Waals surface area contributed by atoms with Crippen molar-refractivity contribution in [1.82, 2.24) is 14.5 Å². The first-order chi connectivity index (χ1) is 10.9. The fourth-order valence-corrected chi connectivity index (χ4v) is 3.25. The molecule has 118 valence electrons. The van der Waals surface area contributed by atoms with Gasteiger partial charge in [0.15, 0.2) is 0 Å². The van der Waals surface area contributed by atoms with Crippen molar-refractivity contribution in [3.63, 3.8) is 0 Å². The van der Waals surface area contributed by atoms with Crippen molar-refractivity contribution in [1.29, 1.82) is 0 Å². The molecule has 0 unspecified atom stereocenters. The van der Waals surface area contributed by atoms with Gasteiger partial charge < -0.3 is 5.32 Å². The number of anilines is 1. The summed E-state index contributed by atoms with van der Waals surface area (Å²) in [6.45, 7) is 0.511. The predicted molar refractivity (Wildman–Crippen MR) is 85.6 cm³/mol. The lowest BCUT2D eigenvalue weighted by molar-refractivity contribution is -0.111. The molecule has 0 aliphatic carbocycles. The first-order valence-corrected chi connectivity index (χ1v) is 8.63. The van der Waals surface area contributed by atoms with E-state index in [-0.39, 0.29) is 13.1 Å². The third kappa shape index (κ3) is 2.84. The van der Waals surface area contributed by atoms with Crippen molar-refractivity contribution < 1.29 is 13.2 Å². The molecule has 2 aromatic rings. The number of sulfonamides is 1. The van der Waals surface area contributed by atoms with Crippen molar-refractivity contribution >= 4 is 21.6 Å². The van der Waals surface area contributed by atoms with Crippen molar-refractivity contribution in [3.05, 3.63) is 35.5 Å². The predicted octanol–water partition coefficient (Wildman–Crippen LogP) is 0.924. The Bertz CT molecular complexity index is 924. The number of hydrogen-bond donors (Lipinski definition) is 2. The highest BCUT2D eigenvalue weighted by Gasteiger charge is 2.31. The fourth-order valence-electron chi connectivity index (χ4n) is 2.53. The molecule has 8 heteroatoms. The van der Waals surface area contributed by atoms with Gasteiger partial charge in [0.1, 0.15) is 0 Å². The highest BCUT2D eigenvalue weighted by Crippen LogP contribution is 2.35. The molecule has 2 heterocycles. The fraction of sp³-hybridized carbons (Fsp3) is 0.200. The summed E-state index contributed by atoms with van der Waals surface area (Å²) in [6.07, 6.45) is 6.26. The minimum atomic E-state index is -3.28. The molecule has 0 fully saturated rings. The summed E-state index contributed by atoms with van der Waals surface area (Å²) in [4.78, 5) is 11.5. The summed E-state index contributed by atoms with van der Waals surface area (Å²) in [6, 6.07) is 7.09. The van der Waals surface area contributed by atoms with Gasteiger partial charge in [0.25, 0.3) is 5.91 Å². The van der Waals surface area contributed by atoms with E-state index in [2.05, 4.69) is 15.5 Å². The largest absolute Gasteiger partial charge is 0.315 e. The minimum absolute atomic E-state index is 0.247. The Labute approximate surface area is 133 Å². The van der Waals surface area contributed by atoms with Crippen molar-refractivity contribution in [2.75, 3.05) is 11.6 Å². The van der Waals surface area contributed by atoms with Gasteiger partial charge in [-0.15, -0.1) is 6.42 Å². The SMILES string of the molecule is C#CC(=O)Nc1ccccc1-c1n[nH]c2c1CN(S(C)(=O)=O)C2. The van der Waals surface area contributed by atoms with Crippen LogP contribution in [0.25, 0.3) is 11.3 Å². The van der Waals surface area contributed by atoms with Crippen LogP contribution in [-0.4, -0.2) is 35.1 Å². The number of carbonyl (C=O) groups excluding carboxylic acids is 1. The molecule has 23 heavy (non-hydrogen) atoms. The Kier molecular flexibility index (Phi) is 3.67. The van der Waals surface area contributed by atoms with Crippen molar-refractivity contribution in [2.24, 2.45) is 0 Å². The maximum absolute atomic E-state index is 11.7. The van der Waals surface area contributed by atoms with Gasteiger partial charge in [-0.2, -0.15) is 9.40 Å². The molecule has 0 saturated heterocycles. The lowest BCUT2D eigenvalue weighted by Gasteiger charge is -2.12. The van der Waals surface area contributed by atoms with Gasteiger partial charge in [0.2, 0.25) is 10.0 Å². The third-order valence-corrected chi connectivity index (χ3v) is 4.85. The zero-order valence-corrected chi connectivity index (χ0v) is 13.1. The summed E-state index contributed by atoms with van der Waals surface area (Å²) in [7, 11) is -3.28. The minimum Gasteiger partial charge on any atom is -0.315 e. The second-order valence-electron chi connectivity index (χ2n) is 5.20. The zero-order chi connectivity index (χ0) is 16.6. The molecule has 0 saturated carbocycles. The van der Waals surface area contributed by atoms with E-state index in [4.69, 9.17) is 6.42 Å². The summed E-state index contributed by atoms with van der Waals surface area (Å²) < 4.78 is 24.8. The Morgan fingerprint density at radius 3 is 2.83 bits per heavy atom. The maximum Gasteiger partial charge on any atom is 0.300 e. The molecule has 3 rings (SSSR count). The Morgan fingerprint density at radius 1 is 1.39 bits per heavy atom. The molecule has 0 spiro atoms. The van der Waals surface area contributed by atoms with E-state index in [0.29, 0.717) is 16.9 Å². The number of para-hydroxylation sites is 1. The van der Waals surface area contributed by atoms with Crippen LogP contribution < -0.4 is 5.32 Å². The Morgan fingerprint density at radius 2 is 2.13 bits per heavy atom. The number of H-pyrrole nitrogens is 1. The molecule has 1 aliphatic rings. The number of aromatic nitrogens is 2. The number of amides is 1. The lowest BCUT2D eigenvalue weighted by atomic mass is 10.1. The Hall–Kier alpha value is -2.63. The maximum atomic E-state index is 11.7. The van der Waals surface area contributed by atoms with Crippen LogP contribution in [0.4, 0.5) is 5.69 Å². The summed E-state index contributed by atoms with van der Waals surface area (Å²) >= 11 is 0. The molecular weight excluding hydrogens is 316 g/mol. The molecule has 1 aliphatic heterocycles.